The van der Waals surface area contributed by atoms with Crippen LogP contribution in [-0.4, -0.2) is 61.8 Å². The first-order valence-corrected chi connectivity index (χ1v) is 8.96. The second kappa shape index (κ2) is 7.77. The van der Waals surface area contributed by atoms with E-state index in [1.165, 1.54) is 0 Å². The summed E-state index contributed by atoms with van der Waals surface area (Å²) in [5.74, 6) is 3.53. The Balaban J connectivity index is 1.69. The molecule has 0 saturated carbocycles. The first kappa shape index (κ1) is 17.6. The van der Waals surface area contributed by atoms with Crippen molar-refractivity contribution < 1.29 is 4.79 Å². The number of piperidine rings is 1. The molecule has 0 aliphatic carbocycles. The number of likely N-dealkylation sites (tertiary alicyclic amines) is 1. The van der Waals surface area contributed by atoms with E-state index in [4.69, 9.17) is 0 Å². The van der Waals surface area contributed by atoms with Crippen LogP contribution in [0.5, 0.6) is 0 Å². The van der Waals surface area contributed by atoms with E-state index in [0.29, 0.717) is 19.0 Å². The molecule has 1 fully saturated rings. The predicted molar refractivity (Wildman–Crippen MR) is 94.2 cm³/mol. The third-order valence-electron chi connectivity index (χ3n) is 4.95. The van der Waals surface area contributed by atoms with E-state index >= 15 is 0 Å². The monoisotopic (exact) mass is 345 g/mol. The molecule has 1 aliphatic rings. The molecule has 3 heterocycles. The summed E-state index contributed by atoms with van der Waals surface area (Å²) in [6.07, 6.45) is 5.66. The van der Waals surface area contributed by atoms with Crippen LogP contribution in [0.3, 0.4) is 0 Å². The molecule has 3 rings (SSSR count). The van der Waals surface area contributed by atoms with Gasteiger partial charge in [-0.2, -0.15) is 0 Å². The summed E-state index contributed by atoms with van der Waals surface area (Å²) in [6, 6.07) is 0. The molecule has 1 saturated heterocycles. The van der Waals surface area contributed by atoms with Gasteiger partial charge in [0.15, 0.2) is 5.82 Å². The van der Waals surface area contributed by atoms with E-state index in [1.54, 1.807) is 13.2 Å². The molecule has 1 N–H and O–H groups in total. The lowest BCUT2D eigenvalue weighted by Gasteiger charge is -2.31. The average molecular weight is 345 g/mol. The Morgan fingerprint density at radius 3 is 2.68 bits per heavy atom. The van der Waals surface area contributed by atoms with Gasteiger partial charge in [-0.05, 0) is 33.7 Å². The van der Waals surface area contributed by atoms with Crippen LogP contribution in [0.4, 0.5) is 0 Å². The number of nitrogens with one attached hydrogen (secondary N) is 1. The van der Waals surface area contributed by atoms with Crippen LogP contribution in [0.15, 0.2) is 12.4 Å². The van der Waals surface area contributed by atoms with Gasteiger partial charge in [-0.3, -0.25) is 4.79 Å². The van der Waals surface area contributed by atoms with Gasteiger partial charge in [0.1, 0.15) is 11.6 Å². The van der Waals surface area contributed by atoms with Crippen LogP contribution in [0.2, 0.25) is 0 Å². The van der Waals surface area contributed by atoms with Gasteiger partial charge in [-0.1, -0.05) is 0 Å². The number of nitrogens with zero attached hydrogens (tertiary/aromatic N) is 6. The summed E-state index contributed by atoms with van der Waals surface area (Å²) < 4.78 is 4.30. The van der Waals surface area contributed by atoms with Crippen molar-refractivity contribution >= 4 is 5.91 Å². The van der Waals surface area contributed by atoms with Crippen molar-refractivity contribution in [3.05, 3.63) is 29.9 Å². The molecule has 1 aliphatic heterocycles. The summed E-state index contributed by atoms with van der Waals surface area (Å²) in [6.45, 7) is 7.64. The molecule has 8 heteroatoms. The fourth-order valence-corrected chi connectivity index (χ4v) is 3.49. The summed E-state index contributed by atoms with van der Waals surface area (Å²) in [7, 11) is 1.80. The van der Waals surface area contributed by atoms with Crippen molar-refractivity contribution in [2.75, 3.05) is 26.7 Å². The van der Waals surface area contributed by atoms with Crippen molar-refractivity contribution in [1.82, 2.24) is 34.5 Å². The minimum atomic E-state index is 0.175. The van der Waals surface area contributed by atoms with Crippen LogP contribution in [0.1, 0.15) is 43.2 Å². The van der Waals surface area contributed by atoms with Crippen LogP contribution < -0.4 is 5.32 Å². The van der Waals surface area contributed by atoms with E-state index < -0.39 is 0 Å². The zero-order valence-corrected chi connectivity index (χ0v) is 15.3. The maximum atomic E-state index is 12.0. The molecular formula is C17H27N7O. The molecule has 0 unspecified atom stereocenters. The molecule has 0 aromatic carbocycles. The highest BCUT2D eigenvalue weighted by Gasteiger charge is 2.27. The number of imidazole rings is 1. The number of aromatic nitrogens is 5. The summed E-state index contributed by atoms with van der Waals surface area (Å²) >= 11 is 0. The van der Waals surface area contributed by atoms with E-state index in [2.05, 4.69) is 36.6 Å². The van der Waals surface area contributed by atoms with Crippen LogP contribution in [-0.2, 0) is 17.9 Å². The Bertz CT molecular complexity index is 712. The minimum absolute atomic E-state index is 0.175. The third-order valence-corrected chi connectivity index (χ3v) is 4.95. The average Bonchev–Trinajstić information content (AvgIpc) is 3.22. The Labute approximate surface area is 148 Å². The van der Waals surface area contributed by atoms with Crippen molar-refractivity contribution in [3.63, 3.8) is 0 Å². The van der Waals surface area contributed by atoms with E-state index in [1.807, 2.05) is 18.0 Å². The van der Waals surface area contributed by atoms with Gasteiger partial charge in [0.25, 0.3) is 0 Å². The van der Waals surface area contributed by atoms with Crippen molar-refractivity contribution in [3.8, 4) is 0 Å². The number of hydrogen-bond donors (Lipinski definition) is 1. The Hall–Kier alpha value is -2.22. The van der Waals surface area contributed by atoms with Gasteiger partial charge >= 0.3 is 0 Å². The lowest BCUT2D eigenvalue weighted by Crippen LogP contribution is -2.42. The van der Waals surface area contributed by atoms with Crippen LogP contribution in [0.25, 0.3) is 0 Å². The first-order valence-electron chi connectivity index (χ1n) is 8.96. The Morgan fingerprint density at radius 1 is 1.32 bits per heavy atom. The maximum Gasteiger partial charge on any atom is 0.236 e. The summed E-state index contributed by atoms with van der Waals surface area (Å²) in [5, 5.41) is 11.9. The highest BCUT2D eigenvalue weighted by molar-refractivity contribution is 5.78. The standard InChI is InChI=1S/C17H27N7O/c1-4-24-15(12-23-10-7-19-13(23)2)20-21-17(24)14-5-8-22(9-6-14)16(25)11-18-3/h7,10,14,18H,4-6,8-9,11-12H2,1-3H3. The molecule has 2 aromatic heterocycles. The van der Waals surface area contributed by atoms with E-state index in [0.717, 1.165) is 49.9 Å². The van der Waals surface area contributed by atoms with Crippen molar-refractivity contribution in [2.24, 2.45) is 0 Å². The first-order chi connectivity index (χ1) is 12.1. The highest BCUT2D eigenvalue weighted by atomic mass is 16.2. The summed E-state index contributed by atoms with van der Waals surface area (Å²) in [5.41, 5.74) is 0. The maximum absolute atomic E-state index is 12.0. The fraction of sp³-hybridized carbons (Fsp3) is 0.647. The number of amides is 1. The molecule has 0 bridgehead atoms. The number of carbonyl (C=O) groups excluding carboxylic acids is 1. The zero-order chi connectivity index (χ0) is 17.8. The van der Waals surface area contributed by atoms with Crippen molar-refractivity contribution in [1.29, 1.82) is 0 Å². The smallest absolute Gasteiger partial charge is 0.236 e. The molecule has 0 radical (unpaired) electrons. The van der Waals surface area contributed by atoms with Gasteiger partial charge in [0.05, 0.1) is 13.1 Å². The lowest BCUT2D eigenvalue weighted by molar-refractivity contribution is -0.131. The number of hydrogen-bond acceptors (Lipinski definition) is 5. The van der Waals surface area contributed by atoms with Gasteiger partial charge in [0, 0.05) is 37.9 Å². The molecule has 0 spiro atoms. The predicted octanol–water partition coefficient (Wildman–Crippen LogP) is 0.777. The van der Waals surface area contributed by atoms with E-state index in [-0.39, 0.29) is 5.91 Å². The van der Waals surface area contributed by atoms with Gasteiger partial charge in [0.2, 0.25) is 5.91 Å². The van der Waals surface area contributed by atoms with Crippen molar-refractivity contribution in [2.45, 2.75) is 45.7 Å². The molecule has 0 atom stereocenters. The molecule has 8 nitrogen and oxygen atoms in total. The molecule has 1 amide bonds. The lowest BCUT2D eigenvalue weighted by atomic mass is 9.95. The second-order valence-corrected chi connectivity index (χ2v) is 6.51. The minimum Gasteiger partial charge on any atom is -0.342 e. The quantitative estimate of drug-likeness (QED) is 0.837. The number of likely N-dealkylation sites (N-methyl/N-ethyl adjacent to an activating group) is 1. The SMILES string of the molecule is CCn1c(Cn2ccnc2C)nnc1C1CCN(C(=O)CNC)CC1. The topological polar surface area (TPSA) is 80.9 Å². The normalized spacial score (nSPS) is 15.7. The Morgan fingerprint density at radius 2 is 2.08 bits per heavy atom. The molecule has 2 aromatic rings. The summed E-state index contributed by atoms with van der Waals surface area (Å²) in [4.78, 5) is 18.2. The number of aryl methyl sites for hydroxylation is 1. The second-order valence-electron chi connectivity index (χ2n) is 6.51. The largest absolute Gasteiger partial charge is 0.342 e. The van der Waals surface area contributed by atoms with Gasteiger partial charge < -0.3 is 19.4 Å². The zero-order valence-electron chi connectivity index (χ0n) is 15.3. The highest BCUT2D eigenvalue weighted by Crippen LogP contribution is 2.27. The fourth-order valence-electron chi connectivity index (χ4n) is 3.49. The molecule has 136 valence electrons. The number of rotatable bonds is 6. The van der Waals surface area contributed by atoms with Crippen LogP contribution >= 0.6 is 0 Å². The third kappa shape index (κ3) is 3.73. The van der Waals surface area contributed by atoms with Gasteiger partial charge in [-0.15, -0.1) is 10.2 Å². The Kier molecular flexibility index (Phi) is 5.47. The number of carbonyl (C=O) groups is 1. The van der Waals surface area contributed by atoms with Gasteiger partial charge in [-0.25, -0.2) is 4.98 Å². The molecule has 25 heavy (non-hydrogen) atoms. The van der Waals surface area contributed by atoms with E-state index in [9.17, 15) is 4.79 Å². The molecular weight excluding hydrogens is 318 g/mol. The van der Waals surface area contributed by atoms with Crippen LogP contribution in [0, 0.1) is 6.92 Å².